The van der Waals surface area contributed by atoms with Gasteiger partial charge >= 0.3 is 0 Å². The van der Waals surface area contributed by atoms with Gasteiger partial charge in [-0.05, 0) is 19.3 Å². The SMILES string of the molecule is CNCCc1nc(N2CCN(C)CC2)no1. The van der Waals surface area contributed by atoms with Crippen LogP contribution in [0.1, 0.15) is 5.89 Å². The van der Waals surface area contributed by atoms with Crippen molar-refractivity contribution in [3.63, 3.8) is 0 Å². The maximum atomic E-state index is 5.19. The highest BCUT2D eigenvalue weighted by atomic mass is 16.5. The van der Waals surface area contributed by atoms with Crippen molar-refractivity contribution in [1.29, 1.82) is 0 Å². The highest BCUT2D eigenvalue weighted by Crippen LogP contribution is 2.11. The van der Waals surface area contributed by atoms with Crippen LogP contribution in [0.25, 0.3) is 0 Å². The van der Waals surface area contributed by atoms with Crippen molar-refractivity contribution >= 4 is 5.95 Å². The van der Waals surface area contributed by atoms with Gasteiger partial charge in [-0.25, -0.2) is 0 Å². The zero-order valence-corrected chi connectivity index (χ0v) is 9.94. The molecular formula is C10H19N5O. The quantitative estimate of drug-likeness (QED) is 0.751. The van der Waals surface area contributed by atoms with Gasteiger partial charge in [-0.3, -0.25) is 0 Å². The Bertz CT molecular complexity index is 319. The third-order valence-corrected chi connectivity index (χ3v) is 2.83. The summed E-state index contributed by atoms with van der Waals surface area (Å²) < 4.78 is 5.19. The lowest BCUT2D eigenvalue weighted by Gasteiger charge is -2.31. The van der Waals surface area contributed by atoms with Crippen LogP contribution in [-0.2, 0) is 6.42 Å². The Hall–Kier alpha value is -1.14. The molecule has 0 spiro atoms. The average molecular weight is 225 g/mol. The van der Waals surface area contributed by atoms with Crippen LogP contribution in [0.5, 0.6) is 0 Å². The van der Waals surface area contributed by atoms with Gasteiger partial charge in [0.1, 0.15) is 0 Å². The second kappa shape index (κ2) is 5.27. The van der Waals surface area contributed by atoms with E-state index in [0.717, 1.165) is 45.1 Å². The Labute approximate surface area is 95.6 Å². The van der Waals surface area contributed by atoms with E-state index in [1.54, 1.807) is 0 Å². The van der Waals surface area contributed by atoms with Crippen LogP contribution < -0.4 is 10.2 Å². The molecule has 0 unspecified atom stereocenters. The van der Waals surface area contributed by atoms with E-state index < -0.39 is 0 Å². The molecule has 0 atom stereocenters. The highest BCUT2D eigenvalue weighted by molar-refractivity contribution is 5.28. The van der Waals surface area contributed by atoms with E-state index in [0.29, 0.717) is 5.89 Å². The highest BCUT2D eigenvalue weighted by Gasteiger charge is 2.18. The van der Waals surface area contributed by atoms with Gasteiger partial charge in [0, 0.05) is 39.1 Å². The van der Waals surface area contributed by atoms with E-state index in [1.165, 1.54) is 0 Å². The molecule has 2 heterocycles. The molecule has 1 saturated heterocycles. The molecule has 0 aliphatic carbocycles. The zero-order valence-electron chi connectivity index (χ0n) is 9.94. The second-order valence-electron chi connectivity index (χ2n) is 4.13. The molecule has 1 aromatic rings. The van der Waals surface area contributed by atoms with E-state index in [1.807, 2.05) is 7.05 Å². The molecule has 0 saturated carbocycles. The molecule has 2 rings (SSSR count). The van der Waals surface area contributed by atoms with Crippen molar-refractivity contribution < 1.29 is 4.52 Å². The minimum absolute atomic E-state index is 0.711. The monoisotopic (exact) mass is 225 g/mol. The molecule has 0 bridgehead atoms. The fourth-order valence-corrected chi connectivity index (χ4v) is 1.71. The van der Waals surface area contributed by atoms with Crippen LogP contribution >= 0.6 is 0 Å². The molecule has 1 aromatic heterocycles. The van der Waals surface area contributed by atoms with Gasteiger partial charge < -0.3 is 19.6 Å². The fourth-order valence-electron chi connectivity index (χ4n) is 1.71. The number of aromatic nitrogens is 2. The first-order chi connectivity index (χ1) is 7.79. The predicted octanol–water partition coefficient (Wildman–Crippen LogP) is -0.417. The molecule has 1 aliphatic rings. The van der Waals surface area contributed by atoms with Gasteiger partial charge in [0.05, 0.1) is 0 Å². The summed E-state index contributed by atoms with van der Waals surface area (Å²) in [5.41, 5.74) is 0. The number of hydrogen-bond acceptors (Lipinski definition) is 6. The number of hydrogen-bond donors (Lipinski definition) is 1. The number of nitrogens with zero attached hydrogens (tertiary/aromatic N) is 4. The van der Waals surface area contributed by atoms with E-state index in [2.05, 4.69) is 32.3 Å². The van der Waals surface area contributed by atoms with Gasteiger partial charge in [-0.1, -0.05) is 0 Å². The molecule has 90 valence electrons. The average Bonchev–Trinajstić information content (AvgIpc) is 2.76. The van der Waals surface area contributed by atoms with Crippen LogP contribution in [0.4, 0.5) is 5.95 Å². The molecule has 0 amide bonds. The first-order valence-electron chi connectivity index (χ1n) is 5.70. The maximum Gasteiger partial charge on any atom is 0.266 e. The summed E-state index contributed by atoms with van der Waals surface area (Å²) in [6.45, 7) is 4.92. The molecule has 0 aromatic carbocycles. The van der Waals surface area contributed by atoms with E-state index in [4.69, 9.17) is 4.52 Å². The van der Waals surface area contributed by atoms with Crippen molar-refractivity contribution in [2.45, 2.75) is 6.42 Å². The summed E-state index contributed by atoms with van der Waals surface area (Å²) >= 11 is 0. The minimum atomic E-state index is 0.711. The summed E-state index contributed by atoms with van der Waals surface area (Å²) in [5, 5.41) is 7.07. The topological polar surface area (TPSA) is 57.4 Å². The van der Waals surface area contributed by atoms with Gasteiger partial charge in [-0.2, -0.15) is 4.98 Å². The summed E-state index contributed by atoms with van der Waals surface area (Å²) in [7, 11) is 4.05. The lowest BCUT2D eigenvalue weighted by molar-refractivity contribution is 0.308. The van der Waals surface area contributed by atoms with Gasteiger partial charge in [0.15, 0.2) is 0 Å². The fraction of sp³-hybridized carbons (Fsp3) is 0.800. The van der Waals surface area contributed by atoms with Crippen LogP contribution in [0, 0.1) is 0 Å². The molecular weight excluding hydrogens is 206 g/mol. The zero-order chi connectivity index (χ0) is 11.4. The third-order valence-electron chi connectivity index (χ3n) is 2.83. The minimum Gasteiger partial charge on any atom is -0.337 e. The van der Waals surface area contributed by atoms with Crippen LogP contribution in [-0.4, -0.2) is 61.9 Å². The van der Waals surface area contributed by atoms with E-state index in [-0.39, 0.29) is 0 Å². The molecule has 6 nitrogen and oxygen atoms in total. The molecule has 16 heavy (non-hydrogen) atoms. The molecule has 6 heteroatoms. The van der Waals surface area contributed by atoms with E-state index in [9.17, 15) is 0 Å². The number of piperazine rings is 1. The summed E-state index contributed by atoms with van der Waals surface area (Å²) in [5.74, 6) is 1.45. The second-order valence-corrected chi connectivity index (χ2v) is 4.13. The molecule has 1 aliphatic heterocycles. The van der Waals surface area contributed by atoms with Crippen LogP contribution in [0.15, 0.2) is 4.52 Å². The van der Waals surface area contributed by atoms with Crippen molar-refractivity contribution in [3.8, 4) is 0 Å². The molecule has 0 radical (unpaired) electrons. The normalized spacial score (nSPS) is 18.0. The largest absolute Gasteiger partial charge is 0.337 e. The molecule has 1 N–H and O–H groups in total. The number of anilines is 1. The lowest BCUT2D eigenvalue weighted by Crippen LogP contribution is -2.44. The van der Waals surface area contributed by atoms with Crippen molar-refractivity contribution in [2.75, 3.05) is 51.7 Å². The Balaban J connectivity index is 1.91. The lowest BCUT2D eigenvalue weighted by atomic mass is 10.3. The predicted molar refractivity (Wildman–Crippen MR) is 61.6 cm³/mol. The Morgan fingerprint density at radius 1 is 1.31 bits per heavy atom. The van der Waals surface area contributed by atoms with Crippen LogP contribution in [0.3, 0.4) is 0 Å². The third kappa shape index (κ3) is 2.70. The Morgan fingerprint density at radius 2 is 2.06 bits per heavy atom. The van der Waals surface area contributed by atoms with Crippen molar-refractivity contribution in [1.82, 2.24) is 20.4 Å². The summed E-state index contributed by atoms with van der Waals surface area (Å²) in [6, 6.07) is 0. The standard InChI is InChI=1S/C10H19N5O/c1-11-4-3-9-12-10(13-16-9)15-7-5-14(2)6-8-15/h11H,3-8H2,1-2H3. The number of likely N-dealkylation sites (N-methyl/N-ethyl adjacent to an activating group) is 2. The Kier molecular flexibility index (Phi) is 3.74. The number of rotatable bonds is 4. The number of nitrogens with one attached hydrogen (secondary N) is 1. The first kappa shape index (κ1) is 11.3. The smallest absolute Gasteiger partial charge is 0.266 e. The Morgan fingerprint density at radius 3 is 2.75 bits per heavy atom. The van der Waals surface area contributed by atoms with Crippen LogP contribution in [0.2, 0.25) is 0 Å². The summed E-state index contributed by atoms with van der Waals surface area (Å²) in [6.07, 6.45) is 0.789. The molecule has 1 fully saturated rings. The van der Waals surface area contributed by atoms with Crippen molar-refractivity contribution in [3.05, 3.63) is 5.89 Å². The van der Waals surface area contributed by atoms with Gasteiger partial charge in [0.25, 0.3) is 5.95 Å². The first-order valence-corrected chi connectivity index (χ1v) is 5.70. The van der Waals surface area contributed by atoms with Crippen molar-refractivity contribution in [2.24, 2.45) is 0 Å². The summed E-state index contributed by atoms with van der Waals surface area (Å²) in [4.78, 5) is 8.86. The van der Waals surface area contributed by atoms with E-state index >= 15 is 0 Å². The maximum absolute atomic E-state index is 5.19. The van der Waals surface area contributed by atoms with Gasteiger partial charge in [-0.15, -0.1) is 0 Å². The van der Waals surface area contributed by atoms with Gasteiger partial charge in [0.2, 0.25) is 5.89 Å².